The highest BCUT2D eigenvalue weighted by atomic mass is 19.1. The highest BCUT2D eigenvalue weighted by Crippen LogP contribution is 2.34. The number of nitrogens with zero attached hydrogens (tertiary/aromatic N) is 2. The number of benzene rings is 2. The summed E-state index contributed by atoms with van der Waals surface area (Å²) in [5.74, 6) is 0.0181. The van der Waals surface area contributed by atoms with Crippen LogP contribution in [0.4, 0.5) is 15.8 Å². The average molecular weight is 311 g/mol. The second-order valence-electron chi connectivity index (χ2n) is 5.05. The summed E-state index contributed by atoms with van der Waals surface area (Å²) in [6.07, 6.45) is 0. The average Bonchev–Trinajstić information content (AvgIpc) is 2.57. The molecule has 0 saturated carbocycles. The summed E-state index contributed by atoms with van der Waals surface area (Å²) in [4.78, 5) is 13.2. The molecular formula is C17H14FN3O2. The van der Waals surface area contributed by atoms with Crippen molar-refractivity contribution in [2.75, 3.05) is 23.4 Å². The van der Waals surface area contributed by atoms with Crippen LogP contribution in [0.25, 0.3) is 0 Å². The number of nitriles is 1. The van der Waals surface area contributed by atoms with Gasteiger partial charge in [-0.25, -0.2) is 4.39 Å². The lowest BCUT2D eigenvalue weighted by molar-refractivity contribution is -0.121. The molecule has 0 spiro atoms. The molecule has 1 aliphatic heterocycles. The Bertz CT molecular complexity index is 786. The van der Waals surface area contributed by atoms with Crippen LogP contribution in [0.3, 0.4) is 0 Å². The van der Waals surface area contributed by atoms with E-state index in [9.17, 15) is 9.18 Å². The van der Waals surface area contributed by atoms with Gasteiger partial charge < -0.3 is 10.1 Å². The predicted molar refractivity (Wildman–Crippen MR) is 83.6 cm³/mol. The molecule has 1 heterocycles. The van der Waals surface area contributed by atoms with Crippen molar-refractivity contribution in [2.24, 2.45) is 0 Å². The molecule has 2 aromatic rings. The van der Waals surface area contributed by atoms with Gasteiger partial charge in [0.1, 0.15) is 18.1 Å². The first kappa shape index (κ1) is 14.9. The second-order valence-corrected chi connectivity index (χ2v) is 5.05. The first-order chi connectivity index (χ1) is 11.2. The quantitative estimate of drug-likeness (QED) is 0.882. The topological polar surface area (TPSA) is 65.4 Å². The number of halogens is 1. The molecule has 0 aliphatic carbocycles. The Morgan fingerprint density at radius 1 is 1.30 bits per heavy atom. The van der Waals surface area contributed by atoms with E-state index in [1.165, 1.54) is 11.0 Å². The van der Waals surface area contributed by atoms with Gasteiger partial charge in [-0.1, -0.05) is 18.2 Å². The van der Waals surface area contributed by atoms with E-state index in [1.54, 1.807) is 36.4 Å². The normalized spacial score (nSPS) is 13.0. The Balaban J connectivity index is 1.78. The number of carbonyl (C=O) groups excluding carboxylic acids is 1. The summed E-state index contributed by atoms with van der Waals surface area (Å²) in [6, 6.07) is 13.7. The van der Waals surface area contributed by atoms with Gasteiger partial charge in [0.15, 0.2) is 6.61 Å². The third-order valence-electron chi connectivity index (χ3n) is 3.57. The smallest absolute Gasteiger partial charge is 0.265 e. The van der Waals surface area contributed by atoms with Crippen LogP contribution in [0.1, 0.15) is 5.56 Å². The monoisotopic (exact) mass is 311 g/mol. The fourth-order valence-corrected chi connectivity index (χ4v) is 2.40. The molecule has 0 bridgehead atoms. The molecule has 1 aliphatic rings. The molecule has 23 heavy (non-hydrogen) atoms. The zero-order valence-electron chi connectivity index (χ0n) is 12.3. The molecule has 1 amide bonds. The van der Waals surface area contributed by atoms with Gasteiger partial charge in [-0.05, 0) is 18.2 Å². The van der Waals surface area contributed by atoms with Crippen LogP contribution in [0.15, 0.2) is 42.5 Å². The Morgan fingerprint density at radius 3 is 2.91 bits per heavy atom. The van der Waals surface area contributed by atoms with Crippen LogP contribution < -0.4 is 15.0 Å². The van der Waals surface area contributed by atoms with E-state index in [2.05, 4.69) is 5.32 Å². The number of hydrogen-bond acceptors (Lipinski definition) is 4. The van der Waals surface area contributed by atoms with Gasteiger partial charge in [0.05, 0.1) is 11.8 Å². The van der Waals surface area contributed by atoms with E-state index < -0.39 is 0 Å². The molecule has 0 atom stereocenters. The number of ether oxygens (including phenoxy) is 1. The third-order valence-corrected chi connectivity index (χ3v) is 3.57. The maximum Gasteiger partial charge on any atom is 0.265 e. The molecule has 0 saturated heterocycles. The Morgan fingerprint density at radius 2 is 2.13 bits per heavy atom. The standard InChI is InChI=1S/C17H14FN3O2/c18-14-4-2-1-3-12(14)10-20-13-5-6-15-16(9-13)23-11-17(22)21(15)8-7-19/h1-6,9,20H,8,10-11H2. The maximum atomic E-state index is 13.6. The van der Waals surface area contributed by atoms with Crippen molar-refractivity contribution in [1.29, 1.82) is 5.26 Å². The lowest BCUT2D eigenvalue weighted by atomic mass is 10.2. The Hall–Kier alpha value is -3.07. The first-order valence-electron chi connectivity index (χ1n) is 7.10. The molecule has 0 fully saturated rings. The molecule has 0 radical (unpaired) electrons. The van der Waals surface area contributed by atoms with E-state index in [4.69, 9.17) is 10.00 Å². The van der Waals surface area contributed by atoms with Crippen molar-refractivity contribution < 1.29 is 13.9 Å². The first-order valence-corrected chi connectivity index (χ1v) is 7.10. The molecule has 6 heteroatoms. The number of carbonyl (C=O) groups is 1. The van der Waals surface area contributed by atoms with Gasteiger partial charge >= 0.3 is 0 Å². The fraction of sp³-hybridized carbons (Fsp3) is 0.176. The van der Waals surface area contributed by atoms with E-state index in [0.29, 0.717) is 23.5 Å². The summed E-state index contributed by atoms with van der Waals surface area (Å²) >= 11 is 0. The van der Waals surface area contributed by atoms with E-state index >= 15 is 0 Å². The number of fused-ring (bicyclic) bond motifs is 1. The van der Waals surface area contributed by atoms with Crippen LogP contribution in [0, 0.1) is 17.1 Å². The highest BCUT2D eigenvalue weighted by molar-refractivity contribution is 5.98. The molecule has 0 unspecified atom stereocenters. The summed E-state index contributed by atoms with van der Waals surface area (Å²) < 4.78 is 19.0. The third kappa shape index (κ3) is 3.09. The van der Waals surface area contributed by atoms with Crippen molar-refractivity contribution in [3.8, 4) is 11.8 Å². The summed E-state index contributed by atoms with van der Waals surface area (Å²) in [7, 11) is 0. The highest BCUT2D eigenvalue weighted by Gasteiger charge is 2.25. The van der Waals surface area contributed by atoms with Crippen molar-refractivity contribution in [2.45, 2.75) is 6.54 Å². The second kappa shape index (κ2) is 6.36. The molecule has 0 aromatic heterocycles. The minimum absolute atomic E-state index is 0.0167. The van der Waals surface area contributed by atoms with E-state index in [-0.39, 0.29) is 24.9 Å². The number of nitrogens with one attached hydrogen (secondary N) is 1. The lowest BCUT2D eigenvalue weighted by Crippen LogP contribution is -2.38. The van der Waals surface area contributed by atoms with Crippen LogP contribution in [0.5, 0.6) is 5.75 Å². The molecule has 2 aromatic carbocycles. The molecule has 1 N–H and O–H groups in total. The van der Waals surface area contributed by atoms with Gasteiger partial charge in [0.25, 0.3) is 5.91 Å². The zero-order chi connectivity index (χ0) is 16.2. The van der Waals surface area contributed by atoms with Gasteiger partial charge in [0, 0.05) is 23.9 Å². The van der Waals surface area contributed by atoms with Crippen LogP contribution in [0.2, 0.25) is 0 Å². The van der Waals surface area contributed by atoms with Gasteiger partial charge in [-0.3, -0.25) is 9.69 Å². The molecular weight excluding hydrogens is 297 g/mol. The number of hydrogen-bond donors (Lipinski definition) is 1. The number of amides is 1. The Labute approximate surface area is 132 Å². The van der Waals surface area contributed by atoms with Gasteiger partial charge in [-0.2, -0.15) is 5.26 Å². The molecule has 5 nitrogen and oxygen atoms in total. The predicted octanol–water partition coefficient (Wildman–Crippen LogP) is 2.69. The van der Waals surface area contributed by atoms with Crippen molar-refractivity contribution in [1.82, 2.24) is 0 Å². The van der Waals surface area contributed by atoms with Crippen LogP contribution in [-0.2, 0) is 11.3 Å². The fourth-order valence-electron chi connectivity index (χ4n) is 2.40. The largest absolute Gasteiger partial charge is 0.481 e. The van der Waals surface area contributed by atoms with Crippen molar-refractivity contribution in [3.63, 3.8) is 0 Å². The SMILES string of the molecule is N#CCN1C(=O)COc2cc(NCc3ccccc3F)ccc21. The van der Waals surface area contributed by atoms with Crippen molar-refractivity contribution in [3.05, 3.63) is 53.8 Å². The number of anilines is 2. The van der Waals surface area contributed by atoms with Gasteiger partial charge in [-0.15, -0.1) is 0 Å². The summed E-state index contributed by atoms with van der Waals surface area (Å²) in [5.41, 5.74) is 1.88. The summed E-state index contributed by atoms with van der Waals surface area (Å²) in [6.45, 7) is 0.231. The number of rotatable bonds is 4. The summed E-state index contributed by atoms with van der Waals surface area (Å²) in [5, 5.41) is 11.9. The molecule has 116 valence electrons. The maximum absolute atomic E-state index is 13.6. The van der Waals surface area contributed by atoms with E-state index in [0.717, 1.165) is 5.69 Å². The van der Waals surface area contributed by atoms with E-state index in [1.807, 2.05) is 6.07 Å². The van der Waals surface area contributed by atoms with Crippen molar-refractivity contribution >= 4 is 17.3 Å². The minimum atomic E-state index is -0.264. The van der Waals surface area contributed by atoms with Gasteiger partial charge in [0.2, 0.25) is 0 Å². The minimum Gasteiger partial charge on any atom is -0.481 e. The molecule has 3 rings (SSSR count). The van der Waals surface area contributed by atoms with Crippen LogP contribution >= 0.6 is 0 Å². The lowest BCUT2D eigenvalue weighted by Gasteiger charge is -2.27. The zero-order valence-corrected chi connectivity index (χ0v) is 12.3. The van der Waals surface area contributed by atoms with Crippen LogP contribution in [-0.4, -0.2) is 19.1 Å². The Kier molecular flexibility index (Phi) is 4.11.